The van der Waals surface area contributed by atoms with E-state index in [1.807, 2.05) is 0 Å². The van der Waals surface area contributed by atoms with Crippen molar-refractivity contribution in [1.29, 1.82) is 0 Å². The number of aromatic nitrogens is 1. The predicted molar refractivity (Wildman–Crippen MR) is 93.7 cm³/mol. The van der Waals surface area contributed by atoms with Crippen molar-refractivity contribution in [3.8, 4) is 5.75 Å². The number of ether oxygens (including phenoxy) is 1. The largest absolute Gasteiger partial charge is 0.484 e. The molecule has 1 amide bonds. The topological polar surface area (TPSA) is 67.6 Å². The zero-order chi connectivity index (χ0) is 20.2. The van der Waals surface area contributed by atoms with E-state index in [-0.39, 0.29) is 18.2 Å². The lowest BCUT2D eigenvalue weighted by Crippen LogP contribution is -2.30. The fourth-order valence-electron chi connectivity index (χ4n) is 2.73. The number of amides is 1. The van der Waals surface area contributed by atoms with Gasteiger partial charge < -0.3 is 14.6 Å². The standard InChI is InChI=1S/C18H22F3N3O3/c1-11-5-14(6-12(2)17(11)26-10-18(19,20)21)8-24(4)9-16(25)22-15-7-13(3)27-23-15/h5-7H,8-10H2,1-4H3,(H,22,23,25). The van der Waals surface area contributed by atoms with Crippen molar-refractivity contribution in [1.82, 2.24) is 10.1 Å². The Hall–Kier alpha value is -2.55. The van der Waals surface area contributed by atoms with E-state index in [0.717, 1.165) is 5.56 Å². The van der Waals surface area contributed by atoms with E-state index in [4.69, 9.17) is 9.26 Å². The Balaban J connectivity index is 1.94. The molecule has 0 unspecified atom stereocenters. The first-order valence-electron chi connectivity index (χ1n) is 8.25. The molecule has 1 heterocycles. The van der Waals surface area contributed by atoms with Crippen LogP contribution in [0.4, 0.5) is 19.0 Å². The molecule has 148 valence electrons. The van der Waals surface area contributed by atoms with Gasteiger partial charge in [-0.3, -0.25) is 9.69 Å². The van der Waals surface area contributed by atoms with Gasteiger partial charge in [-0.15, -0.1) is 0 Å². The first-order valence-corrected chi connectivity index (χ1v) is 8.25. The zero-order valence-corrected chi connectivity index (χ0v) is 15.6. The average Bonchev–Trinajstić information content (AvgIpc) is 2.89. The van der Waals surface area contributed by atoms with Crippen LogP contribution in [0.15, 0.2) is 22.7 Å². The average molecular weight is 385 g/mol. The van der Waals surface area contributed by atoms with Gasteiger partial charge in [-0.2, -0.15) is 13.2 Å². The van der Waals surface area contributed by atoms with E-state index in [1.165, 1.54) is 0 Å². The quantitative estimate of drug-likeness (QED) is 0.789. The molecule has 2 rings (SSSR count). The van der Waals surface area contributed by atoms with E-state index in [1.54, 1.807) is 50.9 Å². The lowest BCUT2D eigenvalue weighted by Gasteiger charge is -2.19. The Morgan fingerprint density at radius 3 is 2.37 bits per heavy atom. The van der Waals surface area contributed by atoms with Gasteiger partial charge in [-0.05, 0) is 44.5 Å². The Morgan fingerprint density at radius 2 is 1.85 bits per heavy atom. The Morgan fingerprint density at radius 1 is 1.22 bits per heavy atom. The van der Waals surface area contributed by atoms with Gasteiger partial charge in [0.05, 0.1) is 6.54 Å². The fraction of sp³-hybridized carbons (Fsp3) is 0.444. The maximum atomic E-state index is 12.4. The number of hydrogen-bond acceptors (Lipinski definition) is 5. The van der Waals surface area contributed by atoms with Crippen LogP contribution in [0.3, 0.4) is 0 Å². The molecule has 0 saturated carbocycles. The van der Waals surface area contributed by atoms with Gasteiger partial charge in [0.25, 0.3) is 0 Å². The van der Waals surface area contributed by atoms with Crippen LogP contribution in [0.5, 0.6) is 5.75 Å². The second-order valence-electron chi connectivity index (χ2n) is 6.51. The summed E-state index contributed by atoms with van der Waals surface area (Å²) in [5.41, 5.74) is 2.10. The highest BCUT2D eigenvalue weighted by molar-refractivity contribution is 5.91. The summed E-state index contributed by atoms with van der Waals surface area (Å²) in [4.78, 5) is 13.8. The van der Waals surface area contributed by atoms with Crippen LogP contribution >= 0.6 is 0 Å². The van der Waals surface area contributed by atoms with Crippen LogP contribution in [0.1, 0.15) is 22.5 Å². The molecule has 1 aromatic carbocycles. The number of alkyl halides is 3. The van der Waals surface area contributed by atoms with Crippen molar-refractivity contribution in [2.24, 2.45) is 0 Å². The Kier molecular flexibility index (Phi) is 6.48. The van der Waals surface area contributed by atoms with Gasteiger partial charge in [0.1, 0.15) is 11.5 Å². The summed E-state index contributed by atoms with van der Waals surface area (Å²) in [5, 5.41) is 6.33. The van der Waals surface area contributed by atoms with Crippen molar-refractivity contribution >= 4 is 11.7 Å². The summed E-state index contributed by atoms with van der Waals surface area (Å²) in [6.07, 6.45) is -4.38. The highest BCUT2D eigenvalue weighted by Crippen LogP contribution is 2.27. The molecule has 6 nitrogen and oxygen atoms in total. The molecular formula is C18H22F3N3O3. The number of carbonyl (C=O) groups excluding carboxylic acids is 1. The van der Waals surface area contributed by atoms with Crippen LogP contribution in [-0.4, -0.2) is 42.3 Å². The lowest BCUT2D eigenvalue weighted by molar-refractivity contribution is -0.153. The minimum absolute atomic E-state index is 0.121. The highest BCUT2D eigenvalue weighted by Gasteiger charge is 2.29. The minimum Gasteiger partial charge on any atom is -0.484 e. The molecule has 2 aromatic rings. The third-order valence-corrected chi connectivity index (χ3v) is 3.66. The van der Waals surface area contributed by atoms with Crippen molar-refractivity contribution in [2.45, 2.75) is 33.5 Å². The van der Waals surface area contributed by atoms with Crippen LogP contribution in [0.25, 0.3) is 0 Å². The van der Waals surface area contributed by atoms with Gasteiger partial charge >= 0.3 is 6.18 Å². The minimum atomic E-state index is -4.38. The van der Waals surface area contributed by atoms with Crippen LogP contribution < -0.4 is 10.1 Å². The molecule has 0 spiro atoms. The number of aryl methyl sites for hydroxylation is 3. The Bertz CT molecular complexity index is 780. The number of nitrogens with one attached hydrogen (secondary N) is 1. The zero-order valence-electron chi connectivity index (χ0n) is 15.6. The lowest BCUT2D eigenvalue weighted by atomic mass is 10.1. The highest BCUT2D eigenvalue weighted by atomic mass is 19.4. The van der Waals surface area contributed by atoms with Gasteiger partial charge in [0.15, 0.2) is 12.4 Å². The molecule has 0 radical (unpaired) electrons. The SMILES string of the molecule is Cc1cc(NC(=O)CN(C)Cc2cc(C)c(OCC(F)(F)F)c(C)c2)no1. The smallest absolute Gasteiger partial charge is 0.422 e. The maximum absolute atomic E-state index is 12.4. The van der Waals surface area contributed by atoms with Crippen molar-refractivity contribution < 1.29 is 27.2 Å². The molecule has 0 aliphatic carbocycles. The van der Waals surface area contributed by atoms with Gasteiger partial charge in [0, 0.05) is 12.6 Å². The van der Waals surface area contributed by atoms with Crippen molar-refractivity contribution in [2.75, 3.05) is 25.5 Å². The van der Waals surface area contributed by atoms with Gasteiger partial charge in [-0.25, -0.2) is 0 Å². The molecule has 0 aliphatic heterocycles. The number of likely N-dealkylation sites (N-methyl/N-ethyl adjacent to an activating group) is 1. The van der Waals surface area contributed by atoms with Gasteiger partial charge in [-0.1, -0.05) is 17.3 Å². The number of benzene rings is 1. The molecule has 9 heteroatoms. The fourth-order valence-corrected chi connectivity index (χ4v) is 2.73. The van der Waals surface area contributed by atoms with E-state index >= 15 is 0 Å². The van der Waals surface area contributed by atoms with Crippen LogP contribution in [-0.2, 0) is 11.3 Å². The second-order valence-corrected chi connectivity index (χ2v) is 6.51. The monoisotopic (exact) mass is 385 g/mol. The van der Waals surface area contributed by atoms with Gasteiger partial charge in [0.2, 0.25) is 5.91 Å². The van der Waals surface area contributed by atoms with E-state index in [0.29, 0.717) is 29.2 Å². The van der Waals surface area contributed by atoms with E-state index < -0.39 is 12.8 Å². The number of halogens is 3. The summed E-state index contributed by atoms with van der Waals surface area (Å²) >= 11 is 0. The predicted octanol–water partition coefficient (Wildman–Crippen LogP) is 3.61. The third-order valence-electron chi connectivity index (χ3n) is 3.66. The first-order chi connectivity index (χ1) is 12.5. The van der Waals surface area contributed by atoms with Crippen LogP contribution in [0, 0.1) is 20.8 Å². The molecule has 0 aliphatic rings. The summed E-state index contributed by atoms with van der Waals surface area (Å²) in [5.74, 6) is 0.934. The van der Waals surface area contributed by atoms with Crippen LogP contribution in [0.2, 0.25) is 0 Å². The van der Waals surface area contributed by atoms with E-state index in [2.05, 4.69) is 10.5 Å². The Labute approximate surface area is 155 Å². The molecule has 0 saturated heterocycles. The summed E-state index contributed by atoms with van der Waals surface area (Å²) in [6, 6.07) is 5.13. The van der Waals surface area contributed by atoms with Crippen molar-refractivity contribution in [3.63, 3.8) is 0 Å². The molecular weight excluding hydrogens is 363 g/mol. The second kappa shape index (κ2) is 8.43. The first kappa shape index (κ1) is 20.8. The molecule has 0 atom stereocenters. The number of carbonyl (C=O) groups is 1. The van der Waals surface area contributed by atoms with Crippen molar-refractivity contribution in [3.05, 3.63) is 40.6 Å². The molecule has 0 bridgehead atoms. The van der Waals surface area contributed by atoms with E-state index in [9.17, 15) is 18.0 Å². The molecule has 1 aromatic heterocycles. The number of hydrogen-bond donors (Lipinski definition) is 1. The molecule has 0 fully saturated rings. The summed E-state index contributed by atoms with van der Waals surface area (Å²) in [7, 11) is 1.77. The normalized spacial score (nSPS) is 11.7. The third kappa shape index (κ3) is 6.59. The maximum Gasteiger partial charge on any atom is 0.422 e. The number of rotatable bonds is 7. The number of anilines is 1. The number of nitrogens with zero attached hydrogens (tertiary/aromatic N) is 2. The summed E-state index contributed by atoms with van der Waals surface area (Å²) < 4.78 is 46.9. The summed E-state index contributed by atoms with van der Waals surface area (Å²) in [6.45, 7) is 4.36. The molecule has 27 heavy (non-hydrogen) atoms. The molecule has 1 N–H and O–H groups in total.